The summed E-state index contributed by atoms with van der Waals surface area (Å²) in [7, 11) is 0. The first-order valence-electron chi connectivity index (χ1n) is 6.76. The van der Waals surface area contributed by atoms with Gasteiger partial charge in [0.25, 0.3) is 0 Å². The summed E-state index contributed by atoms with van der Waals surface area (Å²) in [5.41, 5.74) is 1.27. The summed E-state index contributed by atoms with van der Waals surface area (Å²) < 4.78 is 2.17. The maximum atomic E-state index is 11.4. The molecular formula is C16H20ClNO2. The fraction of sp³-hybridized carbons (Fsp3) is 0.438. The summed E-state index contributed by atoms with van der Waals surface area (Å²) >= 11 is 6.25. The van der Waals surface area contributed by atoms with Crippen LogP contribution in [0.2, 0.25) is 5.02 Å². The third kappa shape index (κ3) is 2.55. The maximum Gasteiger partial charge on any atom is 0.309 e. The zero-order valence-electron chi connectivity index (χ0n) is 12.3. The monoisotopic (exact) mass is 293 g/mol. The van der Waals surface area contributed by atoms with E-state index in [9.17, 15) is 9.90 Å². The van der Waals surface area contributed by atoms with Crippen molar-refractivity contribution in [3.05, 3.63) is 35.0 Å². The van der Waals surface area contributed by atoms with E-state index in [0.29, 0.717) is 11.4 Å². The number of carboxylic acid groups (broad SMARTS) is 1. The zero-order valence-corrected chi connectivity index (χ0v) is 13.0. The van der Waals surface area contributed by atoms with Crippen LogP contribution in [0.1, 0.15) is 39.4 Å². The standard InChI is InChI=1S/C16H20ClNO2/c1-10(2)18-11(9-16(3,4)15(19)20)8-12-13(17)6-5-7-14(12)18/h5-8,10H,9H2,1-4H3,(H,19,20). The Kier molecular flexibility index (Phi) is 3.83. The van der Waals surface area contributed by atoms with E-state index in [4.69, 9.17) is 11.6 Å². The lowest BCUT2D eigenvalue weighted by molar-refractivity contribution is -0.146. The van der Waals surface area contributed by atoms with Gasteiger partial charge in [-0.3, -0.25) is 4.79 Å². The number of aliphatic carboxylic acids is 1. The molecule has 0 radical (unpaired) electrons. The van der Waals surface area contributed by atoms with E-state index in [0.717, 1.165) is 16.6 Å². The number of fused-ring (bicyclic) bond motifs is 1. The van der Waals surface area contributed by atoms with Gasteiger partial charge in [0, 0.05) is 34.1 Å². The molecule has 3 nitrogen and oxygen atoms in total. The molecule has 1 heterocycles. The Morgan fingerprint density at radius 1 is 1.40 bits per heavy atom. The highest BCUT2D eigenvalue weighted by Crippen LogP contribution is 2.33. The molecule has 0 saturated heterocycles. The van der Waals surface area contributed by atoms with Crippen LogP contribution < -0.4 is 0 Å². The summed E-state index contributed by atoms with van der Waals surface area (Å²) in [6.45, 7) is 7.69. The Labute approximate surface area is 124 Å². The first kappa shape index (κ1) is 14.9. The van der Waals surface area contributed by atoms with E-state index < -0.39 is 11.4 Å². The molecule has 0 aliphatic carbocycles. The van der Waals surface area contributed by atoms with Crippen LogP contribution in [0.3, 0.4) is 0 Å². The lowest BCUT2D eigenvalue weighted by Crippen LogP contribution is -2.27. The number of carbonyl (C=O) groups is 1. The Morgan fingerprint density at radius 3 is 2.60 bits per heavy atom. The lowest BCUT2D eigenvalue weighted by Gasteiger charge is -2.22. The fourth-order valence-corrected chi connectivity index (χ4v) is 2.77. The first-order valence-corrected chi connectivity index (χ1v) is 7.13. The van der Waals surface area contributed by atoms with Crippen molar-refractivity contribution in [3.8, 4) is 0 Å². The van der Waals surface area contributed by atoms with Gasteiger partial charge in [0.2, 0.25) is 0 Å². The van der Waals surface area contributed by atoms with E-state index >= 15 is 0 Å². The Balaban J connectivity index is 2.61. The van der Waals surface area contributed by atoms with Crippen molar-refractivity contribution >= 4 is 28.5 Å². The zero-order chi connectivity index (χ0) is 15.1. The minimum absolute atomic E-state index is 0.255. The molecule has 20 heavy (non-hydrogen) atoms. The van der Waals surface area contributed by atoms with Gasteiger partial charge in [0.1, 0.15) is 0 Å². The Morgan fingerprint density at radius 2 is 2.05 bits per heavy atom. The van der Waals surface area contributed by atoms with Crippen molar-refractivity contribution in [1.29, 1.82) is 0 Å². The molecule has 0 saturated carbocycles. The van der Waals surface area contributed by atoms with E-state index in [2.05, 4.69) is 18.4 Å². The van der Waals surface area contributed by atoms with E-state index in [1.165, 1.54) is 0 Å². The molecule has 0 unspecified atom stereocenters. The highest BCUT2D eigenvalue weighted by atomic mass is 35.5. The molecule has 0 amide bonds. The van der Waals surface area contributed by atoms with Crippen molar-refractivity contribution in [2.45, 2.75) is 40.2 Å². The highest BCUT2D eigenvalue weighted by molar-refractivity contribution is 6.35. The summed E-state index contributed by atoms with van der Waals surface area (Å²) in [6.07, 6.45) is 0.478. The van der Waals surface area contributed by atoms with Crippen molar-refractivity contribution in [2.24, 2.45) is 5.41 Å². The summed E-state index contributed by atoms with van der Waals surface area (Å²) in [5, 5.41) is 11.0. The fourth-order valence-electron chi connectivity index (χ4n) is 2.54. The van der Waals surface area contributed by atoms with Gasteiger partial charge in [-0.15, -0.1) is 0 Å². The largest absolute Gasteiger partial charge is 0.481 e. The molecule has 0 fully saturated rings. The van der Waals surface area contributed by atoms with Gasteiger partial charge in [-0.2, -0.15) is 0 Å². The SMILES string of the molecule is CC(C)n1c(CC(C)(C)C(=O)O)cc2c(Cl)cccc21. The number of carboxylic acids is 1. The number of halogens is 1. The van der Waals surface area contributed by atoms with Gasteiger partial charge < -0.3 is 9.67 Å². The second kappa shape index (κ2) is 5.13. The lowest BCUT2D eigenvalue weighted by atomic mass is 9.88. The van der Waals surface area contributed by atoms with Crippen molar-refractivity contribution < 1.29 is 9.90 Å². The van der Waals surface area contributed by atoms with Crippen molar-refractivity contribution in [1.82, 2.24) is 4.57 Å². The van der Waals surface area contributed by atoms with Crippen molar-refractivity contribution in [2.75, 3.05) is 0 Å². The van der Waals surface area contributed by atoms with Gasteiger partial charge in [0.05, 0.1) is 5.41 Å². The van der Waals surface area contributed by atoms with Crippen LogP contribution in [0.25, 0.3) is 10.9 Å². The van der Waals surface area contributed by atoms with Gasteiger partial charge >= 0.3 is 5.97 Å². The Hall–Kier alpha value is -1.48. The van der Waals surface area contributed by atoms with Crippen molar-refractivity contribution in [3.63, 3.8) is 0 Å². The average molecular weight is 294 g/mol. The minimum atomic E-state index is -0.798. The third-order valence-corrected chi connectivity index (χ3v) is 3.96. The summed E-state index contributed by atoms with van der Waals surface area (Å²) in [5.74, 6) is -0.788. The van der Waals surface area contributed by atoms with Gasteiger partial charge in [0.15, 0.2) is 0 Å². The molecule has 0 aliphatic heterocycles. The normalized spacial score (nSPS) is 12.3. The van der Waals surface area contributed by atoms with Crippen LogP contribution in [0, 0.1) is 5.41 Å². The predicted molar refractivity (Wildman–Crippen MR) is 82.5 cm³/mol. The smallest absolute Gasteiger partial charge is 0.309 e. The van der Waals surface area contributed by atoms with Crippen LogP contribution in [0.4, 0.5) is 0 Å². The van der Waals surface area contributed by atoms with Crippen LogP contribution in [0.15, 0.2) is 24.3 Å². The second-order valence-corrected chi connectivity index (χ2v) is 6.55. The summed E-state index contributed by atoms with van der Waals surface area (Å²) in [6, 6.07) is 8.09. The maximum absolute atomic E-state index is 11.4. The van der Waals surface area contributed by atoms with E-state index in [1.807, 2.05) is 24.3 Å². The molecule has 1 aromatic carbocycles. The van der Waals surface area contributed by atoms with E-state index in [-0.39, 0.29) is 6.04 Å². The van der Waals surface area contributed by atoms with Gasteiger partial charge in [-0.05, 0) is 45.9 Å². The van der Waals surface area contributed by atoms with Crippen LogP contribution >= 0.6 is 11.6 Å². The van der Waals surface area contributed by atoms with Crippen LogP contribution in [0.5, 0.6) is 0 Å². The third-order valence-electron chi connectivity index (χ3n) is 3.63. The summed E-state index contributed by atoms with van der Waals surface area (Å²) in [4.78, 5) is 11.4. The molecule has 1 N–H and O–H groups in total. The molecule has 2 rings (SSSR count). The van der Waals surface area contributed by atoms with Gasteiger partial charge in [-0.1, -0.05) is 17.7 Å². The first-order chi connectivity index (χ1) is 9.24. The predicted octanol–water partition coefficient (Wildman–Crippen LogP) is 4.53. The number of rotatable bonds is 4. The molecule has 0 atom stereocenters. The quantitative estimate of drug-likeness (QED) is 0.900. The number of nitrogens with zero attached hydrogens (tertiary/aromatic N) is 1. The molecule has 0 aliphatic rings. The molecule has 2 aromatic rings. The number of hydrogen-bond donors (Lipinski definition) is 1. The topological polar surface area (TPSA) is 42.2 Å². The van der Waals surface area contributed by atoms with Crippen LogP contribution in [-0.4, -0.2) is 15.6 Å². The molecule has 4 heteroatoms. The molecular weight excluding hydrogens is 274 g/mol. The highest BCUT2D eigenvalue weighted by Gasteiger charge is 2.29. The van der Waals surface area contributed by atoms with E-state index in [1.54, 1.807) is 13.8 Å². The molecule has 0 spiro atoms. The average Bonchev–Trinajstić information content (AvgIpc) is 2.67. The van der Waals surface area contributed by atoms with Crippen LogP contribution in [-0.2, 0) is 11.2 Å². The second-order valence-electron chi connectivity index (χ2n) is 6.14. The Bertz CT molecular complexity index is 656. The number of aromatic nitrogens is 1. The molecule has 0 bridgehead atoms. The molecule has 1 aromatic heterocycles. The molecule has 108 valence electrons. The minimum Gasteiger partial charge on any atom is -0.481 e. The number of benzene rings is 1. The van der Waals surface area contributed by atoms with Gasteiger partial charge in [-0.25, -0.2) is 0 Å². The number of hydrogen-bond acceptors (Lipinski definition) is 1.